The van der Waals surface area contributed by atoms with Gasteiger partial charge in [-0.3, -0.25) is 4.79 Å². The van der Waals surface area contributed by atoms with Crippen molar-refractivity contribution in [2.45, 2.75) is 30.4 Å². The fourth-order valence-corrected chi connectivity index (χ4v) is 4.65. The maximum absolute atomic E-state index is 12.9. The number of aliphatic carboxylic acids is 1. The third-order valence-electron chi connectivity index (χ3n) is 6.57. The van der Waals surface area contributed by atoms with Crippen LogP contribution in [0.3, 0.4) is 0 Å². The lowest BCUT2D eigenvalue weighted by Gasteiger charge is -2.36. The minimum Gasteiger partial charge on any atom is -0.479 e. The van der Waals surface area contributed by atoms with Gasteiger partial charge in [-0.2, -0.15) is 0 Å². The molecule has 1 fully saturated rings. The molecule has 0 aromatic heterocycles. The molecule has 4 rings (SSSR count). The Morgan fingerprint density at radius 3 is 2.15 bits per heavy atom. The van der Waals surface area contributed by atoms with Crippen LogP contribution < -0.4 is 5.32 Å². The van der Waals surface area contributed by atoms with Gasteiger partial charge < -0.3 is 29.9 Å². The SMILES string of the molecule is COCC(NC(=O)OCC1c2ccccc2-c2ccccc21)C(=O)N1CCC(O)(C(=O)O)CC1. The molecule has 2 amide bonds. The van der Waals surface area contributed by atoms with E-state index in [1.54, 1.807) is 0 Å². The number of amides is 2. The first-order chi connectivity index (χ1) is 16.3. The highest BCUT2D eigenvalue weighted by Gasteiger charge is 2.41. The molecule has 0 spiro atoms. The number of ether oxygens (including phenoxy) is 2. The summed E-state index contributed by atoms with van der Waals surface area (Å²) >= 11 is 0. The molecule has 1 saturated heterocycles. The van der Waals surface area contributed by atoms with Crippen molar-refractivity contribution in [2.24, 2.45) is 0 Å². The van der Waals surface area contributed by atoms with E-state index in [1.807, 2.05) is 48.5 Å². The number of piperidine rings is 1. The third kappa shape index (κ3) is 4.62. The van der Waals surface area contributed by atoms with Crippen LogP contribution in [0.2, 0.25) is 0 Å². The van der Waals surface area contributed by atoms with Crippen molar-refractivity contribution in [3.05, 3.63) is 59.7 Å². The predicted octanol–water partition coefficient (Wildman–Crippen LogP) is 1.98. The van der Waals surface area contributed by atoms with Crippen molar-refractivity contribution in [3.8, 4) is 11.1 Å². The summed E-state index contributed by atoms with van der Waals surface area (Å²) in [4.78, 5) is 38.2. The molecule has 1 atom stereocenters. The van der Waals surface area contributed by atoms with Crippen molar-refractivity contribution < 1.29 is 34.1 Å². The number of hydrogen-bond acceptors (Lipinski definition) is 6. The number of aliphatic hydroxyl groups is 1. The van der Waals surface area contributed by atoms with Gasteiger partial charge in [-0.25, -0.2) is 9.59 Å². The minimum absolute atomic E-state index is 0.0637. The number of alkyl carbamates (subject to hydrolysis) is 1. The molecule has 2 aromatic rings. The van der Waals surface area contributed by atoms with E-state index in [1.165, 1.54) is 12.0 Å². The Hall–Kier alpha value is -3.43. The Morgan fingerprint density at radius 2 is 1.62 bits per heavy atom. The topological polar surface area (TPSA) is 125 Å². The van der Waals surface area contributed by atoms with Crippen LogP contribution in [0.1, 0.15) is 29.9 Å². The molecule has 1 heterocycles. The monoisotopic (exact) mass is 468 g/mol. The maximum atomic E-state index is 12.9. The fraction of sp³-hybridized carbons (Fsp3) is 0.400. The van der Waals surface area contributed by atoms with E-state index in [4.69, 9.17) is 14.6 Å². The lowest BCUT2D eigenvalue weighted by molar-refractivity contribution is -0.165. The third-order valence-corrected chi connectivity index (χ3v) is 6.57. The van der Waals surface area contributed by atoms with Gasteiger partial charge in [-0.15, -0.1) is 0 Å². The molecule has 0 bridgehead atoms. The molecular formula is C25H28N2O7. The number of likely N-dealkylation sites (tertiary alicyclic amines) is 1. The Kier molecular flexibility index (Phi) is 6.85. The molecule has 1 aliphatic heterocycles. The molecule has 3 N–H and O–H groups in total. The van der Waals surface area contributed by atoms with Crippen LogP contribution in [0.5, 0.6) is 0 Å². The van der Waals surface area contributed by atoms with Gasteiger partial charge in [-0.05, 0) is 22.3 Å². The van der Waals surface area contributed by atoms with Crippen LogP contribution in [0.4, 0.5) is 4.79 Å². The molecule has 0 saturated carbocycles. The number of carboxylic acids is 1. The summed E-state index contributed by atoms with van der Waals surface area (Å²) in [6.45, 7) is 0.175. The number of benzene rings is 2. The van der Waals surface area contributed by atoms with Crippen LogP contribution in [0, 0.1) is 0 Å². The van der Waals surface area contributed by atoms with E-state index < -0.39 is 29.6 Å². The Balaban J connectivity index is 1.38. The number of methoxy groups -OCH3 is 1. The first-order valence-corrected chi connectivity index (χ1v) is 11.2. The number of nitrogens with one attached hydrogen (secondary N) is 1. The van der Waals surface area contributed by atoms with E-state index in [9.17, 15) is 19.5 Å². The summed E-state index contributed by atoms with van der Waals surface area (Å²) < 4.78 is 10.6. The highest BCUT2D eigenvalue weighted by molar-refractivity contribution is 5.86. The summed E-state index contributed by atoms with van der Waals surface area (Å²) in [7, 11) is 1.42. The van der Waals surface area contributed by atoms with Crippen molar-refractivity contribution >= 4 is 18.0 Å². The van der Waals surface area contributed by atoms with E-state index in [0.29, 0.717) is 0 Å². The van der Waals surface area contributed by atoms with Gasteiger partial charge >= 0.3 is 12.1 Å². The smallest absolute Gasteiger partial charge is 0.407 e. The molecule has 2 aliphatic rings. The Morgan fingerprint density at radius 1 is 1.06 bits per heavy atom. The number of rotatable bonds is 7. The molecule has 9 nitrogen and oxygen atoms in total. The zero-order valence-electron chi connectivity index (χ0n) is 18.9. The van der Waals surface area contributed by atoms with Gasteiger partial charge in [0.15, 0.2) is 5.60 Å². The van der Waals surface area contributed by atoms with Gasteiger partial charge in [0.1, 0.15) is 12.6 Å². The number of carboxylic acid groups (broad SMARTS) is 1. The van der Waals surface area contributed by atoms with Crippen molar-refractivity contribution in [3.63, 3.8) is 0 Å². The van der Waals surface area contributed by atoms with Gasteiger partial charge in [0.05, 0.1) is 6.61 Å². The van der Waals surface area contributed by atoms with E-state index in [0.717, 1.165) is 22.3 Å². The number of carbonyl (C=O) groups is 3. The number of fused-ring (bicyclic) bond motifs is 3. The van der Waals surface area contributed by atoms with Gasteiger partial charge in [0.25, 0.3) is 0 Å². The van der Waals surface area contributed by atoms with E-state index >= 15 is 0 Å². The maximum Gasteiger partial charge on any atom is 0.407 e. The summed E-state index contributed by atoms with van der Waals surface area (Å²) in [5.74, 6) is -1.82. The quantitative estimate of drug-likeness (QED) is 0.567. The predicted molar refractivity (Wildman–Crippen MR) is 122 cm³/mol. The van der Waals surface area contributed by atoms with E-state index in [-0.39, 0.29) is 45.1 Å². The normalized spacial score (nSPS) is 17.4. The lowest BCUT2D eigenvalue weighted by atomic mass is 9.91. The Bertz CT molecular complexity index is 1030. The summed E-state index contributed by atoms with van der Waals surface area (Å²) in [5, 5.41) is 21.8. The molecule has 9 heteroatoms. The van der Waals surface area contributed by atoms with Gasteiger partial charge in [-0.1, -0.05) is 48.5 Å². The minimum atomic E-state index is -1.84. The number of hydrogen-bond donors (Lipinski definition) is 3. The summed E-state index contributed by atoms with van der Waals surface area (Å²) in [5.41, 5.74) is 2.56. The van der Waals surface area contributed by atoms with Crippen LogP contribution in [0.25, 0.3) is 11.1 Å². The molecule has 2 aromatic carbocycles. The van der Waals surface area contributed by atoms with Crippen molar-refractivity contribution in [1.82, 2.24) is 10.2 Å². The average molecular weight is 469 g/mol. The molecule has 1 unspecified atom stereocenters. The standard InChI is InChI=1S/C25H28N2O7/c1-33-15-21(22(28)27-12-10-25(32,11-13-27)23(29)30)26-24(31)34-14-20-18-8-4-2-6-16(18)17-7-3-5-9-19(17)20/h2-9,20-21,32H,10-15H2,1H3,(H,26,31)(H,29,30). The van der Waals surface area contributed by atoms with Gasteiger partial charge in [0, 0.05) is 39.0 Å². The summed E-state index contributed by atoms with van der Waals surface area (Å²) in [6, 6.07) is 15.0. The van der Waals surface area contributed by atoms with Crippen LogP contribution in [0.15, 0.2) is 48.5 Å². The number of nitrogens with zero attached hydrogens (tertiary/aromatic N) is 1. The zero-order chi connectivity index (χ0) is 24.3. The first-order valence-electron chi connectivity index (χ1n) is 11.2. The molecular weight excluding hydrogens is 440 g/mol. The fourth-order valence-electron chi connectivity index (χ4n) is 4.65. The molecule has 1 aliphatic carbocycles. The first kappa shape index (κ1) is 23.7. The largest absolute Gasteiger partial charge is 0.479 e. The highest BCUT2D eigenvalue weighted by Crippen LogP contribution is 2.44. The van der Waals surface area contributed by atoms with Crippen LogP contribution in [-0.2, 0) is 19.1 Å². The molecule has 180 valence electrons. The van der Waals surface area contributed by atoms with Gasteiger partial charge in [0.2, 0.25) is 5.91 Å². The second-order valence-electron chi connectivity index (χ2n) is 8.64. The lowest BCUT2D eigenvalue weighted by Crippen LogP contribution is -2.56. The second kappa shape index (κ2) is 9.82. The Labute approximate surface area is 197 Å². The number of carbonyl (C=O) groups excluding carboxylic acids is 2. The summed E-state index contributed by atoms with van der Waals surface area (Å²) in [6.07, 6.45) is -0.909. The zero-order valence-corrected chi connectivity index (χ0v) is 18.9. The van der Waals surface area contributed by atoms with Crippen molar-refractivity contribution in [1.29, 1.82) is 0 Å². The van der Waals surface area contributed by atoms with Crippen LogP contribution >= 0.6 is 0 Å². The average Bonchev–Trinajstić information content (AvgIpc) is 3.16. The molecule has 34 heavy (non-hydrogen) atoms. The second-order valence-corrected chi connectivity index (χ2v) is 8.64. The van der Waals surface area contributed by atoms with E-state index in [2.05, 4.69) is 5.32 Å². The highest BCUT2D eigenvalue weighted by atomic mass is 16.5. The molecule has 0 radical (unpaired) electrons. The van der Waals surface area contributed by atoms with Crippen molar-refractivity contribution in [2.75, 3.05) is 33.4 Å². The van der Waals surface area contributed by atoms with Crippen LogP contribution in [-0.4, -0.2) is 78.1 Å².